The van der Waals surface area contributed by atoms with E-state index in [1.165, 1.54) is 27.8 Å². The van der Waals surface area contributed by atoms with E-state index in [0.717, 1.165) is 10.2 Å². The average molecular weight is 446 g/mol. The third kappa shape index (κ3) is 5.24. The van der Waals surface area contributed by atoms with Crippen molar-refractivity contribution in [3.05, 3.63) is 54.1 Å². The van der Waals surface area contributed by atoms with Crippen LogP contribution in [0.2, 0.25) is 0 Å². The highest BCUT2D eigenvalue weighted by molar-refractivity contribution is 7.89. The molecule has 0 spiro atoms. The second kappa shape index (κ2) is 9.24. The SMILES string of the molecule is CC(C)CN(CC(C)C)S(=O)(=O)c1ccc(C(=O)Nc2nc3ccccc3s2)cc1. The maximum absolute atomic E-state index is 13.1. The van der Waals surface area contributed by atoms with Gasteiger partial charge < -0.3 is 0 Å². The number of hydrogen-bond donors (Lipinski definition) is 1. The molecule has 30 heavy (non-hydrogen) atoms. The molecule has 1 N–H and O–H groups in total. The van der Waals surface area contributed by atoms with Crippen molar-refractivity contribution in [2.24, 2.45) is 11.8 Å². The van der Waals surface area contributed by atoms with Gasteiger partial charge in [-0.3, -0.25) is 10.1 Å². The number of benzene rings is 2. The van der Waals surface area contributed by atoms with Crippen LogP contribution < -0.4 is 5.32 Å². The van der Waals surface area contributed by atoms with Gasteiger partial charge in [0.25, 0.3) is 5.91 Å². The van der Waals surface area contributed by atoms with E-state index in [9.17, 15) is 13.2 Å². The van der Waals surface area contributed by atoms with Crippen molar-refractivity contribution < 1.29 is 13.2 Å². The quantitative estimate of drug-likeness (QED) is 0.537. The summed E-state index contributed by atoms with van der Waals surface area (Å²) in [5.41, 5.74) is 1.21. The second-order valence-electron chi connectivity index (χ2n) is 8.07. The summed E-state index contributed by atoms with van der Waals surface area (Å²) in [4.78, 5) is 17.2. The molecular formula is C22H27N3O3S2. The van der Waals surface area contributed by atoms with E-state index in [4.69, 9.17) is 0 Å². The number of hydrogen-bond acceptors (Lipinski definition) is 5. The maximum atomic E-state index is 13.1. The molecule has 160 valence electrons. The predicted octanol–water partition coefficient (Wildman–Crippen LogP) is 4.85. The first kappa shape index (κ1) is 22.4. The highest BCUT2D eigenvalue weighted by Gasteiger charge is 2.26. The number of sulfonamides is 1. The molecule has 0 saturated heterocycles. The number of para-hydroxylation sites is 1. The van der Waals surface area contributed by atoms with Gasteiger partial charge >= 0.3 is 0 Å². The van der Waals surface area contributed by atoms with Crippen molar-refractivity contribution in [1.82, 2.24) is 9.29 Å². The van der Waals surface area contributed by atoms with Gasteiger partial charge in [-0.05, 0) is 48.2 Å². The molecule has 1 aromatic heterocycles. The van der Waals surface area contributed by atoms with Crippen LogP contribution in [0.3, 0.4) is 0 Å². The van der Waals surface area contributed by atoms with Crippen molar-refractivity contribution in [1.29, 1.82) is 0 Å². The minimum atomic E-state index is -3.62. The molecule has 0 atom stereocenters. The number of aromatic nitrogens is 1. The number of rotatable bonds is 8. The van der Waals surface area contributed by atoms with Gasteiger partial charge in [-0.25, -0.2) is 13.4 Å². The lowest BCUT2D eigenvalue weighted by atomic mass is 10.2. The van der Waals surface area contributed by atoms with Gasteiger partial charge in [0.1, 0.15) is 0 Å². The molecular weight excluding hydrogens is 418 g/mol. The van der Waals surface area contributed by atoms with Gasteiger partial charge in [0.2, 0.25) is 10.0 Å². The van der Waals surface area contributed by atoms with Crippen LogP contribution in [0.5, 0.6) is 0 Å². The van der Waals surface area contributed by atoms with E-state index in [-0.39, 0.29) is 22.6 Å². The third-order valence-electron chi connectivity index (χ3n) is 4.41. The van der Waals surface area contributed by atoms with Gasteiger partial charge in [0, 0.05) is 18.7 Å². The number of carbonyl (C=O) groups is 1. The molecule has 0 aliphatic carbocycles. The first-order valence-corrected chi connectivity index (χ1v) is 12.2. The number of amides is 1. The van der Waals surface area contributed by atoms with Crippen LogP contribution in [0.1, 0.15) is 38.1 Å². The Hall–Kier alpha value is -2.29. The minimum Gasteiger partial charge on any atom is -0.298 e. The normalized spacial score (nSPS) is 12.2. The van der Waals surface area contributed by atoms with Gasteiger partial charge in [0.05, 0.1) is 15.1 Å². The monoisotopic (exact) mass is 445 g/mol. The first-order valence-electron chi connectivity index (χ1n) is 9.94. The molecule has 6 nitrogen and oxygen atoms in total. The van der Waals surface area contributed by atoms with Crippen LogP contribution in [0.25, 0.3) is 10.2 Å². The smallest absolute Gasteiger partial charge is 0.257 e. The van der Waals surface area contributed by atoms with Crippen molar-refractivity contribution in [3.63, 3.8) is 0 Å². The van der Waals surface area contributed by atoms with Crippen LogP contribution >= 0.6 is 11.3 Å². The molecule has 8 heteroatoms. The maximum Gasteiger partial charge on any atom is 0.257 e. The molecule has 1 amide bonds. The second-order valence-corrected chi connectivity index (χ2v) is 11.0. The Bertz CT molecular complexity index is 1080. The van der Waals surface area contributed by atoms with Crippen LogP contribution in [0, 0.1) is 11.8 Å². The zero-order valence-corrected chi connectivity index (χ0v) is 19.3. The Kier molecular flexibility index (Phi) is 6.90. The Balaban J connectivity index is 1.77. The Morgan fingerprint density at radius 1 is 1.00 bits per heavy atom. The predicted molar refractivity (Wildman–Crippen MR) is 122 cm³/mol. The Morgan fingerprint density at radius 3 is 2.17 bits per heavy atom. The summed E-state index contributed by atoms with van der Waals surface area (Å²) in [6.07, 6.45) is 0. The van der Waals surface area contributed by atoms with Crippen molar-refractivity contribution in [2.75, 3.05) is 18.4 Å². The number of fused-ring (bicyclic) bond motifs is 1. The van der Waals surface area contributed by atoms with Gasteiger partial charge in [-0.15, -0.1) is 0 Å². The number of nitrogens with one attached hydrogen (secondary N) is 1. The fraction of sp³-hybridized carbons (Fsp3) is 0.364. The molecule has 3 aromatic rings. The first-order chi connectivity index (χ1) is 14.2. The standard InChI is InChI=1S/C22H27N3O3S2/c1-15(2)13-25(14-16(3)4)30(27,28)18-11-9-17(10-12-18)21(26)24-22-23-19-7-5-6-8-20(19)29-22/h5-12,15-16H,13-14H2,1-4H3,(H,23,24,26). The van der Waals surface area contributed by atoms with Crippen LogP contribution in [0.4, 0.5) is 5.13 Å². The summed E-state index contributed by atoms with van der Waals surface area (Å²) in [6.45, 7) is 8.91. The number of anilines is 1. The number of thiazole rings is 1. The molecule has 2 aromatic carbocycles. The van der Waals surface area contributed by atoms with Gasteiger partial charge in [-0.2, -0.15) is 4.31 Å². The van der Waals surface area contributed by atoms with Crippen molar-refractivity contribution in [2.45, 2.75) is 32.6 Å². The van der Waals surface area contributed by atoms with Gasteiger partial charge in [0.15, 0.2) is 5.13 Å². The molecule has 0 fully saturated rings. The Labute approximate surface area is 182 Å². The lowest BCUT2D eigenvalue weighted by molar-refractivity contribution is 0.102. The third-order valence-corrected chi connectivity index (χ3v) is 7.20. The largest absolute Gasteiger partial charge is 0.298 e. The fourth-order valence-corrected chi connectivity index (χ4v) is 5.74. The molecule has 0 aliphatic rings. The van der Waals surface area contributed by atoms with Crippen molar-refractivity contribution >= 4 is 42.6 Å². The van der Waals surface area contributed by atoms with E-state index < -0.39 is 10.0 Å². The average Bonchev–Trinajstić information content (AvgIpc) is 3.09. The molecule has 0 unspecified atom stereocenters. The molecule has 0 bridgehead atoms. The summed E-state index contributed by atoms with van der Waals surface area (Å²) in [7, 11) is -3.62. The lowest BCUT2D eigenvalue weighted by Crippen LogP contribution is -2.37. The fourth-order valence-electron chi connectivity index (χ4n) is 3.11. The summed E-state index contributed by atoms with van der Waals surface area (Å²) in [5, 5.41) is 3.30. The van der Waals surface area contributed by atoms with E-state index in [2.05, 4.69) is 10.3 Å². The van der Waals surface area contributed by atoms with Crippen LogP contribution in [0.15, 0.2) is 53.4 Å². The Morgan fingerprint density at radius 2 is 1.60 bits per heavy atom. The summed E-state index contributed by atoms with van der Waals surface area (Å²) < 4.78 is 28.7. The number of nitrogens with zero attached hydrogens (tertiary/aromatic N) is 2. The minimum absolute atomic E-state index is 0.195. The molecule has 0 saturated carbocycles. The zero-order chi connectivity index (χ0) is 21.9. The van der Waals surface area contributed by atoms with Crippen LogP contribution in [-0.2, 0) is 10.0 Å². The summed E-state index contributed by atoms with van der Waals surface area (Å²) in [6, 6.07) is 13.7. The topological polar surface area (TPSA) is 79.4 Å². The summed E-state index contributed by atoms with van der Waals surface area (Å²) in [5.74, 6) is 0.119. The zero-order valence-electron chi connectivity index (χ0n) is 17.6. The van der Waals surface area contributed by atoms with E-state index in [1.54, 1.807) is 12.1 Å². The van der Waals surface area contributed by atoms with Crippen molar-refractivity contribution in [3.8, 4) is 0 Å². The van der Waals surface area contributed by atoms with Crippen LogP contribution in [-0.4, -0.2) is 36.7 Å². The van der Waals surface area contributed by atoms with Gasteiger partial charge in [-0.1, -0.05) is 51.2 Å². The molecule has 3 rings (SSSR count). The van der Waals surface area contributed by atoms with E-state index in [0.29, 0.717) is 23.8 Å². The highest BCUT2D eigenvalue weighted by atomic mass is 32.2. The molecule has 0 aliphatic heterocycles. The molecule has 1 heterocycles. The molecule has 0 radical (unpaired) electrons. The highest BCUT2D eigenvalue weighted by Crippen LogP contribution is 2.26. The summed E-state index contributed by atoms with van der Waals surface area (Å²) >= 11 is 1.40. The van der Waals surface area contributed by atoms with E-state index >= 15 is 0 Å². The lowest BCUT2D eigenvalue weighted by Gasteiger charge is -2.25. The van der Waals surface area contributed by atoms with E-state index in [1.807, 2.05) is 52.0 Å². The number of carbonyl (C=O) groups excluding carboxylic acids is 1.